The molecule has 146 valence electrons. The monoisotopic (exact) mass is 455 g/mol. The van der Waals surface area contributed by atoms with Crippen LogP contribution in [0.15, 0.2) is 77.3 Å². The Hall–Kier alpha value is -3.32. The summed E-state index contributed by atoms with van der Waals surface area (Å²) >= 11 is 3.10. The Morgan fingerprint density at radius 2 is 1.59 bits per heavy atom. The molecule has 5 nitrogen and oxygen atoms in total. The van der Waals surface area contributed by atoms with Gasteiger partial charge in [0.25, 0.3) is 5.91 Å². The van der Waals surface area contributed by atoms with Gasteiger partial charge < -0.3 is 10.1 Å². The lowest BCUT2D eigenvalue weighted by Gasteiger charge is -2.08. The minimum absolute atomic E-state index is 0.250. The fourth-order valence-electron chi connectivity index (χ4n) is 2.48. The predicted octanol–water partition coefficient (Wildman–Crippen LogP) is 4.88. The van der Waals surface area contributed by atoms with E-state index in [9.17, 15) is 18.8 Å². The lowest BCUT2D eigenvalue weighted by molar-refractivity contribution is 0.0470. The number of ether oxygens (including phenoxy) is 1. The van der Waals surface area contributed by atoms with Crippen molar-refractivity contribution in [3.05, 3.63) is 99.8 Å². The first kappa shape index (κ1) is 20.4. The van der Waals surface area contributed by atoms with Crippen LogP contribution in [0.5, 0.6) is 0 Å². The summed E-state index contributed by atoms with van der Waals surface area (Å²) in [6.07, 6.45) is 0. The highest BCUT2D eigenvalue weighted by molar-refractivity contribution is 9.10. The molecule has 0 aliphatic carbocycles. The summed E-state index contributed by atoms with van der Waals surface area (Å²) in [7, 11) is 0. The lowest BCUT2D eigenvalue weighted by Crippen LogP contribution is -2.15. The maximum absolute atomic E-state index is 13.8. The van der Waals surface area contributed by atoms with E-state index in [-0.39, 0.29) is 11.5 Å². The Labute approximate surface area is 174 Å². The van der Waals surface area contributed by atoms with Crippen molar-refractivity contribution in [1.29, 1.82) is 0 Å². The SMILES string of the molecule is O=C(COC(=O)c1ccc(Br)cc1F)c1ccc(NC(=O)c2ccccc2)cc1. The van der Waals surface area contributed by atoms with E-state index >= 15 is 0 Å². The summed E-state index contributed by atoms with van der Waals surface area (Å²) in [5.41, 5.74) is 1.08. The molecular weight excluding hydrogens is 441 g/mol. The highest BCUT2D eigenvalue weighted by atomic mass is 79.9. The second-order valence-corrected chi connectivity index (χ2v) is 6.94. The molecule has 3 aromatic carbocycles. The molecule has 3 aromatic rings. The molecule has 0 spiro atoms. The second kappa shape index (κ2) is 9.25. The molecule has 29 heavy (non-hydrogen) atoms. The normalized spacial score (nSPS) is 10.3. The first-order valence-electron chi connectivity index (χ1n) is 8.56. The number of carbonyl (C=O) groups excluding carboxylic acids is 3. The van der Waals surface area contributed by atoms with E-state index in [1.165, 1.54) is 24.3 Å². The molecule has 0 aliphatic heterocycles. The molecule has 0 heterocycles. The molecule has 0 saturated heterocycles. The van der Waals surface area contributed by atoms with Crippen LogP contribution in [0.4, 0.5) is 10.1 Å². The van der Waals surface area contributed by atoms with Crippen LogP contribution in [-0.4, -0.2) is 24.3 Å². The third-order valence-electron chi connectivity index (χ3n) is 3.99. The highest BCUT2D eigenvalue weighted by Crippen LogP contribution is 2.17. The van der Waals surface area contributed by atoms with Crippen LogP contribution in [0.1, 0.15) is 31.1 Å². The number of hydrogen-bond acceptors (Lipinski definition) is 4. The lowest BCUT2D eigenvalue weighted by atomic mass is 10.1. The van der Waals surface area contributed by atoms with E-state index < -0.39 is 24.2 Å². The van der Waals surface area contributed by atoms with Crippen molar-refractivity contribution < 1.29 is 23.5 Å². The van der Waals surface area contributed by atoms with Gasteiger partial charge in [-0.3, -0.25) is 9.59 Å². The fraction of sp³-hybridized carbons (Fsp3) is 0.0455. The number of halogens is 2. The van der Waals surface area contributed by atoms with Gasteiger partial charge >= 0.3 is 5.97 Å². The standard InChI is InChI=1S/C22H15BrFNO4/c23-16-8-11-18(19(24)12-16)22(28)29-13-20(26)14-6-9-17(10-7-14)25-21(27)15-4-2-1-3-5-15/h1-12H,13H2,(H,25,27). The number of rotatable bonds is 6. The van der Waals surface area contributed by atoms with Crippen molar-refractivity contribution >= 4 is 39.3 Å². The maximum atomic E-state index is 13.8. The second-order valence-electron chi connectivity index (χ2n) is 6.02. The highest BCUT2D eigenvalue weighted by Gasteiger charge is 2.16. The minimum atomic E-state index is -0.921. The first-order valence-corrected chi connectivity index (χ1v) is 9.35. The van der Waals surface area contributed by atoms with E-state index in [0.29, 0.717) is 21.3 Å². The van der Waals surface area contributed by atoms with E-state index in [1.54, 1.807) is 36.4 Å². The average molecular weight is 456 g/mol. The molecule has 1 N–H and O–H groups in total. The number of anilines is 1. The molecule has 0 saturated carbocycles. The number of benzene rings is 3. The summed E-state index contributed by atoms with van der Waals surface area (Å²) in [4.78, 5) is 36.3. The van der Waals surface area contributed by atoms with Gasteiger partial charge in [0.05, 0.1) is 5.56 Å². The molecule has 0 atom stereocenters. The number of nitrogens with one attached hydrogen (secondary N) is 1. The number of amides is 1. The molecule has 0 aliphatic rings. The fourth-order valence-corrected chi connectivity index (χ4v) is 2.81. The molecular formula is C22H15BrFNO4. The van der Waals surface area contributed by atoms with Gasteiger partial charge in [-0.05, 0) is 54.6 Å². The van der Waals surface area contributed by atoms with Gasteiger partial charge in [-0.15, -0.1) is 0 Å². The average Bonchev–Trinajstić information content (AvgIpc) is 2.73. The summed E-state index contributed by atoms with van der Waals surface area (Å²) in [6, 6.07) is 18.8. The summed E-state index contributed by atoms with van der Waals surface area (Å²) in [5, 5.41) is 2.73. The molecule has 3 rings (SSSR count). The zero-order valence-electron chi connectivity index (χ0n) is 15.0. The van der Waals surface area contributed by atoms with Crippen LogP contribution in [0.2, 0.25) is 0 Å². The quantitative estimate of drug-likeness (QED) is 0.424. The van der Waals surface area contributed by atoms with Gasteiger partial charge in [-0.2, -0.15) is 0 Å². The summed E-state index contributed by atoms with van der Waals surface area (Å²) in [5.74, 6) is -2.38. The summed E-state index contributed by atoms with van der Waals surface area (Å²) < 4.78 is 19.2. The van der Waals surface area contributed by atoms with E-state index in [4.69, 9.17) is 4.74 Å². The number of Topliss-reactive ketones (excluding diaryl/α,β-unsaturated/α-hetero) is 1. The molecule has 0 fully saturated rings. The smallest absolute Gasteiger partial charge is 0.341 e. The van der Waals surface area contributed by atoms with Gasteiger partial charge in [0.15, 0.2) is 12.4 Å². The van der Waals surface area contributed by atoms with Crippen molar-refractivity contribution in [2.45, 2.75) is 0 Å². The van der Waals surface area contributed by atoms with E-state index in [1.807, 2.05) is 6.07 Å². The Kier molecular flexibility index (Phi) is 6.51. The van der Waals surface area contributed by atoms with Crippen LogP contribution < -0.4 is 5.32 Å². The topological polar surface area (TPSA) is 72.5 Å². The Morgan fingerprint density at radius 1 is 0.897 bits per heavy atom. The van der Waals surface area contributed by atoms with E-state index in [2.05, 4.69) is 21.2 Å². The first-order chi connectivity index (χ1) is 13.9. The predicted molar refractivity (Wildman–Crippen MR) is 110 cm³/mol. The van der Waals surface area contributed by atoms with Crippen LogP contribution in [0.3, 0.4) is 0 Å². The number of hydrogen-bond donors (Lipinski definition) is 1. The third-order valence-corrected chi connectivity index (χ3v) is 4.48. The van der Waals surface area contributed by atoms with Crippen molar-refractivity contribution in [3.63, 3.8) is 0 Å². The van der Waals surface area contributed by atoms with Crippen LogP contribution in [0, 0.1) is 5.82 Å². The van der Waals surface area contributed by atoms with Gasteiger partial charge in [-0.25, -0.2) is 9.18 Å². The van der Waals surface area contributed by atoms with Crippen molar-refractivity contribution in [2.75, 3.05) is 11.9 Å². The minimum Gasteiger partial charge on any atom is -0.454 e. The third kappa shape index (κ3) is 5.36. The molecule has 0 bridgehead atoms. The van der Waals surface area contributed by atoms with Crippen LogP contribution >= 0.6 is 15.9 Å². The van der Waals surface area contributed by atoms with E-state index in [0.717, 1.165) is 6.07 Å². The molecule has 0 unspecified atom stereocenters. The Morgan fingerprint density at radius 3 is 2.24 bits per heavy atom. The zero-order chi connectivity index (χ0) is 20.8. The molecule has 0 aromatic heterocycles. The van der Waals surface area contributed by atoms with Gasteiger partial charge in [0, 0.05) is 21.3 Å². The van der Waals surface area contributed by atoms with Crippen molar-refractivity contribution in [3.8, 4) is 0 Å². The largest absolute Gasteiger partial charge is 0.454 e. The molecule has 7 heteroatoms. The zero-order valence-corrected chi connectivity index (χ0v) is 16.6. The van der Waals surface area contributed by atoms with Crippen molar-refractivity contribution in [2.24, 2.45) is 0 Å². The number of esters is 1. The van der Waals surface area contributed by atoms with Crippen LogP contribution in [0.25, 0.3) is 0 Å². The van der Waals surface area contributed by atoms with Gasteiger partial charge in [0.1, 0.15) is 5.82 Å². The molecule has 0 radical (unpaired) electrons. The number of carbonyl (C=O) groups is 3. The Balaban J connectivity index is 1.57. The van der Waals surface area contributed by atoms with Crippen molar-refractivity contribution in [1.82, 2.24) is 0 Å². The molecule has 1 amide bonds. The number of ketones is 1. The van der Waals surface area contributed by atoms with Gasteiger partial charge in [0.2, 0.25) is 0 Å². The van der Waals surface area contributed by atoms with Gasteiger partial charge in [-0.1, -0.05) is 34.1 Å². The summed E-state index contributed by atoms with van der Waals surface area (Å²) in [6.45, 7) is -0.524. The Bertz CT molecular complexity index is 1050. The van der Waals surface area contributed by atoms with Crippen LogP contribution in [-0.2, 0) is 4.74 Å². The maximum Gasteiger partial charge on any atom is 0.341 e.